The molecule has 0 aliphatic carbocycles. The second kappa shape index (κ2) is 10.1. The smallest absolute Gasteiger partial charge is 0.283 e. The largest absolute Gasteiger partial charge is 0.400 e. The fourth-order valence-corrected chi connectivity index (χ4v) is 6.17. The molecule has 4 aromatic rings. The number of carbonyl (C=O) groups is 1. The number of carbonyl (C=O) groups excluding carboxylic acids is 1. The second-order valence-corrected chi connectivity index (χ2v) is 11.2. The molecule has 1 aromatic heterocycles. The quantitative estimate of drug-likeness (QED) is 0.286. The van der Waals surface area contributed by atoms with Crippen LogP contribution in [0, 0.1) is 5.41 Å². The third-order valence-corrected chi connectivity index (χ3v) is 7.66. The fourth-order valence-electron chi connectivity index (χ4n) is 3.85. The zero-order valence-electron chi connectivity index (χ0n) is 19.2. The first-order chi connectivity index (χ1) is 15.9. The molecule has 0 spiro atoms. The third-order valence-electron chi connectivity index (χ3n) is 5.47. The van der Waals surface area contributed by atoms with Gasteiger partial charge >= 0.3 is 0 Å². The Hall–Kier alpha value is -3.34. The maximum Gasteiger partial charge on any atom is 0.283 e. The second-order valence-electron chi connectivity index (χ2n) is 9.12. The van der Waals surface area contributed by atoms with E-state index < -0.39 is 9.04 Å². The van der Waals surface area contributed by atoms with Crippen LogP contribution >= 0.6 is 0 Å². The van der Waals surface area contributed by atoms with Crippen molar-refractivity contribution in [2.45, 2.75) is 26.9 Å². The van der Waals surface area contributed by atoms with Crippen LogP contribution < -0.4 is 10.4 Å². The average Bonchev–Trinajstić information content (AvgIpc) is 2.85. The van der Waals surface area contributed by atoms with E-state index in [1.54, 1.807) is 24.5 Å². The van der Waals surface area contributed by atoms with Crippen molar-refractivity contribution in [3.05, 3.63) is 126 Å². The van der Waals surface area contributed by atoms with Crippen molar-refractivity contribution < 1.29 is 9.22 Å². The van der Waals surface area contributed by atoms with Crippen LogP contribution in [-0.2, 0) is 4.43 Å². The van der Waals surface area contributed by atoms with Gasteiger partial charge in [0.2, 0.25) is 0 Å². The molecule has 0 amide bonds. The first-order valence-electron chi connectivity index (χ1n) is 11.1. The lowest BCUT2D eigenvalue weighted by Gasteiger charge is -2.34. The predicted octanol–water partition coefficient (Wildman–Crippen LogP) is 5.22. The third kappa shape index (κ3) is 5.53. The molecule has 4 rings (SSSR count). The number of rotatable bonds is 7. The summed E-state index contributed by atoms with van der Waals surface area (Å²) >= 11 is 0. The number of hydrogen-bond donors (Lipinski definition) is 0. The molecule has 0 saturated heterocycles. The van der Waals surface area contributed by atoms with Gasteiger partial charge in [0, 0.05) is 23.5 Å². The summed E-state index contributed by atoms with van der Waals surface area (Å²) < 4.78 is 6.99. The number of ketones is 1. The summed E-state index contributed by atoms with van der Waals surface area (Å²) in [5, 5.41) is 2.40. The van der Waals surface area contributed by atoms with Crippen molar-refractivity contribution in [1.82, 2.24) is 4.98 Å². The Labute approximate surface area is 197 Å². The molecule has 33 heavy (non-hydrogen) atoms. The molecule has 3 nitrogen and oxygen atoms in total. The SMILES string of the molecule is CC(C)(C)C(O[Si](c1ccccc1)c1ccccc1)c1cccc(C(=O)c2cccnc2)c1. The molecule has 1 radical (unpaired) electrons. The topological polar surface area (TPSA) is 39.2 Å². The summed E-state index contributed by atoms with van der Waals surface area (Å²) in [7, 11) is -1.51. The Bertz CT molecular complexity index is 1150. The fraction of sp³-hybridized carbons (Fsp3) is 0.172. The summed E-state index contributed by atoms with van der Waals surface area (Å²) in [6, 6.07) is 32.3. The number of pyridine rings is 1. The molecule has 1 atom stereocenters. The number of aromatic nitrogens is 1. The molecule has 0 N–H and O–H groups in total. The van der Waals surface area contributed by atoms with E-state index in [1.807, 2.05) is 30.3 Å². The van der Waals surface area contributed by atoms with Crippen LogP contribution in [0.25, 0.3) is 0 Å². The first-order valence-corrected chi connectivity index (χ1v) is 12.5. The van der Waals surface area contributed by atoms with E-state index >= 15 is 0 Å². The van der Waals surface area contributed by atoms with Gasteiger partial charge in [0.15, 0.2) is 5.78 Å². The zero-order chi connectivity index (χ0) is 23.3. The van der Waals surface area contributed by atoms with Crippen LogP contribution in [0.3, 0.4) is 0 Å². The average molecular weight is 451 g/mol. The molecule has 0 saturated carbocycles. The predicted molar refractivity (Wildman–Crippen MR) is 135 cm³/mol. The highest BCUT2D eigenvalue weighted by Crippen LogP contribution is 2.37. The normalized spacial score (nSPS) is 12.5. The van der Waals surface area contributed by atoms with Gasteiger partial charge < -0.3 is 4.43 Å². The molecule has 1 heterocycles. The zero-order valence-corrected chi connectivity index (χ0v) is 20.2. The van der Waals surface area contributed by atoms with E-state index in [2.05, 4.69) is 80.4 Å². The van der Waals surface area contributed by atoms with Crippen molar-refractivity contribution >= 4 is 25.2 Å². The van der Waals surface area contributed by atoms with Gasteiger partial charge in [-0.3, -0.25) is 9.78 Å². The van der Waals surface area contributed by atoms with Crippen LogP contribution in [-0.4, -0.2) is 19.8 Å². The van der Waals surface area contributed by atoms with Gasteiger partial charge in [-0.15, -0.1) is 0 Å². The molecule has 1 unspecified atom stereocenters. The van der Waals surface area contributed by atoms with Crippen molar-refractivity contribution in [1.29, 1.82) is 0 Å². The molecule has 0 aliphatic rings. The van der Waals surface area contributed by atoms with Crippen LogP contribution in [0.4, 0.5) is 0 Å². The Kier molecular flexibility index (Phi) is 6.97. The lowest BCUT2D eigenvalue weighted by Crippen LogP contribution is -2.47. The minimum absolute atomic E-state index is 0.0331. The molecular formula is C29H28NO2Si. The van der Waals surface area contributed by atoms with Gasteiger partial charge in [0.25, 0.3) is 9.04 Å². The summed E-state index contributed by atoms with van der Waals surface area (Å²) in [6.07, 6.45) is 3.10. The standard InChI is InChI=1S/C29H28NO2Si/c1-29(2,3)28(23-13-10-12-22(20-23)27(31)24-14-11-19-30-21-24)32-33(25-15-6-4-7-16-25)26-17-8-5-9-18-26/h4-21,28H,1-3H3. The van der Waals surface area contributed by atoms with Crippen LogP contribution in [0.15, 0.2) is 109 Å². The van der Waals surface area contributed by atoms with Gasteiger partial charge in [-0.05, 0) is 39.6 Å². The maximum atomic E-state index is 13.1. The Balaban J connectivity index is 1.72. The van der Waals surface area contributed by atoms with E-state index in [1.165, 1.54) is 10.4 Å². The van der Waals surface area contributed by atoms with Crippen molar-refractivity contribution in [2.24, 2.45) is 5.41 Å². The molecule has 0 bridgehead atoms. The van der Waals surface area contributed by atoms with Crippen LogP contribution in [0.2, 0.25) is 0 Å². The monoisotopic (exact) mass is 450 g/mol. The van der Waals surface area contributed by atoms with E-state index in [-0.39, 0.29) is 17.3 Å². The highest BCUT2D eigenvalue weighted by atomic mass is 28.3. The highest BCUT2D eigenvalue weighted by Gasteiger charge is 2.32. The van der Waals surface area contributed by atoms with E-state index in [4.69, 9.17) is 4.43 Å². The van der Waals surface area contributed by atoms with Crippen molar-refractivity contribution in [3.63, 3.8) is 0 Å². The van der Waals surface area contributed by atoms with Gasteiger partial charge in [0.05, 0.1) is 6.10 Å². The number of nitrogens with zero attached hydrogens (tertiary/aromatic N) is 1. The summed E-state index contributed by atoms with van der Waals surface area (Å²) in [5.41, 5.74) is 2.06. The summed E-state index contributed by atoms with van der Waals surface area (Å²) in [4.78, 5) is 17.2. The van der Waals surface area contributed by atoms with E-state index in [0.29, 0.717) is 11.1 Å². The molecule has 4 heteroatoms. The van der Waals surface area contributed by atoms with E-state index in [0.717, 1.165) is 5.56 Å². The van der Waals surface area contributed by atoms with E-state index in [9.17, 15) is 4.79 Å². The minimum Gasteiger partial charge on any atom is -0.400 e. The maximum absolute atomic E-state index is 13.1. The molecule has 3 aromatic carbocycles. The highest BCUT2D eigenvalue weighted by molar-refractivity contribution is 6.80. The van der Waals surface area contributed by atoms with Gasteiger partial charge in [-0.1, -0.05) is 99.6 Å². The Morgan fingerprint density at radius 3 is 1.94 bits per heavy atom. The lowest BCUT2D eigenvalue weighted by molar-refractivity contribution is 0.0894. The summed E-state index contributed by atoms with van der Waals surface area (Å²) in [5.74, 6) is -0.0331. The van der Waals surface area contributed by atoms with Crippen LogP contribution in [0.1, 0.15) is 48.4 Å². The first kappa shape index (κ1) is 22.8. The van der Waals surface area contributed by atoms with Crippen molar-refractivity contribution in [3.8, 4) is 0 Å². The lowest BCUT2D eigenvalue weighted by atomic mass is 9.84. The molecule has 0 aliphatic heterocycles. The molecule has 165 valence electrons. The Morgan fingerprint density at radius 2 is 1.39 bits per heavy atom. The molecular weight excluding hydrogens is 422 g/mol. The Morgan fingerprint density at radius 1 is 0.788 bits per heavy atom. The number of hydrogen-bond acceptors (Lipinski definition) is 3. The van der Waals surface area contributed by atoms with Crippen molar-refractivity contribution in [2.75, 3.05) is 0 Å². The minimum atomic E-state index is -1.51. The van der Waals surface area contributed by atoms with Gasteiger partial charge in [-0.2, -0.15) is 0 Å². The van der Waals surface area contributed by atoms with Crippen LogP contribution in [0.5, 0.6) is 0 Å². The summed E-state index contributed by atoms with van der Waals surface area (Å²) in [6.45, 7) is 6.55. The van der Waals surface area contributed by atoms with Gasteiger partial charge in [0.1, 0.15) is 0 Å². The van der Waals surface area contributed by atoms with Gasteiger partial charge in [-0.25, -0.2) is 0 Å². The molecule has 0 fully saturated rings. The number of benzene rings is 3.